The summed E-state index contributed by atoms with van der Waals surface area (Å²) >= 11 is 0. The minimum Gasteiger partial charge on any atom is -0.402 e. The molecule has 0 amide bonds. The van der Waals surface area contributed by atoms with Crippen molar-refractivity contribution in [2.75, 3.05) is 0 Å². The van der Waals surface area contributed by atoms with E-state index in [9.17, 15) is 0 Å². The van der Waals surface area contributed by atoms with Crippen molar-refractivity contribution in [3.8, 4) is 0 Å². The molecule has 0 aliphatic carbocycles. The second-order valence-electron chi connectivity index (χ2n) is 2.15. The van der Waals surface area contributed by atoms with Crippen LogP contribution in [0.3, 0.4) is 0 Å². The highest BCUT2D eigenvalue weighted by molar-refractivity contribution is 5.11. The molecule has 58 valence electrons. The Hall–Kier alpha value is -0.980. The van der Waals surface area contributed by atoms with Crippen LogP contribution < -0.4 is 5.73 Å². The van der Waals surface area contributed by atoms with E-state index in [2.05, 4.69) is 13.2 Å². The summed E-state index contributed by atoms with van der Waals surface area (Å²) in [6.07, 6.45) is 3.89. The summed E-state index contributed by atoms with van der Waals surface area (Å²) in [5.74, 6) is 0. The molecule has 0 atom stereocenters. The van der Waals surface area contributed by atoms with Gasteiger partial charge in [0, 0.05) is 5.70 Å². The maximum Gasteiger partial charge on any atom is 0.00488 e. The van der Waals surface area contributed by atoms with Crippen LogP contribution in [-0.4, -0.2) is 0 Å². The zero-order chi connectivity index (χ0) is 8.57. The predicted molar refractivity (Wildman–Crippen MR) is 48.6 cm³/mol. The summed E-state index contributed by atoms with van der Waals surface area (Å²) in [6, 6.07) is 0. The first-order valence-electron chi connectivity index (χ1n) is 3.20. The van der Waals surface area contributed by atoms with Gasteiger partial charge < -0.3 is 5.73 Å². The van der Waals surface area contributed by atoms with Crippen molar-refractivity contribution in [3.63, 3.8) is 0 Å². The van der Waals surface area contributed by atoms with E-state index in [1.165, 1.54) is 5.57 Å². The SMILES string of the molecule is C=C.CC(C)=C/C=C(\C)N. The maximum absolute atomic E-state index is 5.36. The van der Waals surface area contributed by atoms with E-state index in [1.807, 2.05) is 32.9 Å². The zero-order valence-electron chi connectivity index (χ0n) is 7.15. The number of allylic oxidation sites excluding steroid dienone is 4. The highest BCUT2D eigenvalue weighted by Crippen LogP contribution is 1.89. The van der Waals surface area contributed by atoms with Crippen LogP contribution in [0.15, 0.2) is 36.6 Å². The van der Waals surface area contributed by atoms with Gasteiger partial charge in [0.05, 0.1) is 0 Å². The molecule has 0 spiro atoms. The molecule has 0 bridgehead atoms. The quantitative estimate of drug-likeness (QED) is 0.438. The molecule has 0 aromatic rings. The highest BCUT2D eigenvalue weighted by Gasteiger charge is 1.72. The van der Waals surface area contributed by atoms with Crippen molar-refractivity contribution in [2.24, 2.45) is 5.73 Å². The molecule has 1 nitrogen and oxygen atoms in total. The lowest BCUT2D eigenvalue weighted by molar-refractivity contribution is 1.30. The molecule has 0 aromatic heterocycles. The van der Waals surface area contributed by atoms with Gasteiger partial charge >= 0.3 is 0 Å². The highest BCUT2D eigenvalue weighted by atomic mass is 14.5. The van der Waals surface area contributed by atoms with Gasteiger partial charge in [0.2, 0.25) is 0 Å². The third kappa shape index (κ3) is 15.7. The molecule has 0 aromatic carbocycles. The van der Waals surface area contributed by atoms with Crippen LogP contribution in [0.25, 0.3) is 0 Å². The fourth-order valence-electron chi connectivity index (χ4n) is 0.298. The van der Waals surface area contributed by atoms with Gasteiger partial charge in [-0.2, -0.15) is 0 Å². The summed E-state index contributed by atoms with van der Waals surface area (Å²) in [4.78, 5) is 0. The Labute approximate surface area is 63.9 Å². The molecule has 10 heavy (non-hydrogen) atoms. The first-order chi connectivity index (χ1) is 4.63. The summed E-state index contributed by atoms with van der Waals surface area (Å²) in [6.45, 7) is 12.0. The Morgan fingerprint density at radius 1 is 1.10 bits per heavy atom. The molecule has 0 aliphatic heterocycles. The Morgan fingerprint density at radius 2 is 1.50 bits per heavy atom. The van der Waals surface area contributed by atoms with E-state index in [4.69, 9.17) is 5.73 Å². The van der Waals surface area contributed by atoms with E-state index >= 15 is 0 Å². The topological polar surface area (TPSA) is 26.0 Å². The summed E-state index contributed by atoms with van der Waals surface area (Å²) in [7, 11) is 0. The molecule has 2 N–H and O–H groups in total. The van der Waals surface area contributed by atoms with Crippen molar-refractivity contribution in [2.45, 2.75) is 20.8 Å². The Bertz CT molecular complexity index is 108. The van der Waals surface area contributed by atoms with Crippen molar-refractivity contribution >= 4 is 0 Å². The number of rotatable bonds is 1. The van der Waals surface area contributed by atoms with E-state index in [1.54, 1.807) is 0 Å². The summed E-state index contributed by atoms with van der Waals surface area (Å²) in [5.41, 5.74) is 7.48. The van der Waals surface area contributed by atoms with Gasteiger partial charge in [-0.3, -0.25) is 0 Å². The van der Waals surface area contributed by atoms with Crippen molar-refractivity contribution < 1.29 is 0 Å². The molecule has 0 radical (unpaired) electrons. The Morgan fingerprint density at radius 3 is 1.60 bits per heavy atom. The van der Waals surface area contributed by atoms with Gasteiger partial charge in [-0.15, -0.1) is 13.2 Å². The second-order valence-corrected chi connectivity index (χ2v) is 2.15. The van der Waals surface area contributed by atoms with Gasteiger partial charge in [0.25, 0.3) is 0 Å². The maximum atomic E-state index is 5.36. The van der Waals surface area contributed by atoms with Crippen LogP contribution in [0.5, 0.6) is 0 Å². The largest absolute Gasteiger partial charge is 0.402 e. The van der Waals surface area contributed by atoms with E-state index in [0.29, 0.717) is 0 Å². The van der Waals surface area contributed by atoms with Gasteiger partial charge in [-0.1, -0.05) is 11.6 Å². The monoisotopic (exact) mass is 139 g/mol. The third-order valence-corrected chi connectivity index (χ3v) is 0.680. The zero-order valence-corrected chi connectivity index (χ0v) is 7.15. The molecular formula is C9H17N. The molecular weight excluding hydrogens is 122 g/mol. The lowest BCUT2D eigenvalue weighted by atomic mass is 10.3. The average molecular weight is 139 g/mol. The van der Waals surface area contributed by atoms with E-state index < -0.39 is 0 Å². The van der Waals surface area contributed by atoms with Crippen molar-refractivity contribution in [1.82, 2.24) is 0 Å². The molecule has 0 saturated carbocycles. The molecule has 0 saturated heterocycles. The van der Waals surface area contributed by atoms with Crippen LogP contribution in [-0.2, 0) is 0 Å². The molecule has 0 rings (SSSR count). The van der Waals surface area contributed by atoms with Gasteiger partial charge in [0.15, 0.2) is 0 Å². The summed E-state index contributed by atoms with van der Waals surface area (Å²) in [5, 5.41) is 0. The Balaban J connectivity index is 0. The van der Waals surface area contributed by atoms with Gasteiger partial charge in [-0.25, -0.2) is 0 Å². The predicted octanol–water partition coefficient (Wildman–Crippen LogP) is 2.62. The molecule has 0 heterocycles. The molecule has 0 fully saturated rings. The van der Waals surface area contributed by atoms with E-state index in [0.717, 1.165) is 5.70 Å². The number of hydrogen-bond donors (Lipinski definition) is 1. The van der Waals surface area contributed by atoms with Crippen LogP contribution >= 0.6 is 0 Å². The van der Waals surface area contributed by atoms with Crippen molar-refractivity contribution in [3.05, 3.63) is 36.6 Å². The van der Waals surface area contributed by atoms with Gasteiger partial charge in [-0.05, 0) is 26.8 Å². The normalized spacial score (nSPS) is 9.30. The average Bonchev–Trinajstić information content (AvgIpc) is 1.89. The van der Waals surface area contributed by atoms with Crippen LogP contribution in [0, 0.1) is 0 Å². The number of hydrogen-bond acceptors (Lipinski definition) is 1. The van der Waals surface area contributed by atoms with E-state index in [-0.39, 0.29) is 0 Å². The van der Waals surface area contributed by atoms with Crippen LogP contribution in [0.4, 0.5) is 0 Å². The van der Waals surface area contributed by atoms with Crippen LogP contribution in [0.1, 0.15) is 20.8 Å². The Kier molecular flexibility index (Phi) is 9.44. The lowest BCUT2D eigenvalue weighted by Gasteiger charge is -1.84. The minimum atomic E-state index is 0.853. The fraction of sp³-hybridized carbons (Fsp3) is 0.333. The molecule has 0 unspecified atom stereocenters. The second kappa shape index (κ2) is 8.02. The first kappa shape index (κ1) is 11.8. The molecule has 1 heteroatoms. The molecule has 0 aliphatic rings. The summed E-state index contributed by atoms with van der Waals surface area (Å²) < 4.78 is 0. The fourth-order valence-corrected chi connectivity index (χ4v) is 0.298. The van der Waals surface area contributed by atoms with Crippen LogP contribution in [0.2, 0.25) is 0 Å². The van der Waals surface area contributed by atoms with Crippen molar-refractivity contribution in [1.29, 1.82) is 0 Å². The lowest BCUT2D eigenvalue weighted by Crippen LogP contribution is -1.87. The standard InChI is InChI=1S/C7H13N.C2H4/c1-6(2)4-5-7(3)8;1-2/h4-5H,8H2,1-3H3;1-2H2/b7-5+;. The minimum absolute atomic E-state index is 0.853. The smallest absolute Gasteiger partial charge is 0.00488 e. The number of nitrogens with two attached hydrogens (primary N) is 1. The van der Waals surface area contributed by atoms with Gasteiger partial charge in [0.1, 0.15) is 0 Å². The third-order valence-electron chi connectivity index (χ3n) is 0.680. The first-order valence-corrected chi connectivity index (χ1v) is 3.20.